The molecule has 0 amide bonds. The topological polar surface area (TPSA) is 63.0 Å². The Bertz CT molecular complexity index is 552. The Kier molecular flexibility index (Phi) is 4.80. The zero-order valence-corrected chi connectivity index (χ0v) is 12.8. The molecule has 1 atom stereocenters. The van der Waals surface area contributed by atoms with Gasteiger partial charge in [0.05, 0.1) is 12.1 Å². The van der Waals surface area contributed by atoms with Crippen LogP contribution < -0.4 is 5.32 Å². The van der Waals surface area contributed by atoms with Crippen LogP contribution in [0.5, 0.6) is 0 Å². The van der Waals surface area contributed by atoms with E-state index in [2.05, 4.69) is 15.5 Å². The maximum absolute atomic E-state index is 9.86. The number of aryl methyl sites for hydroxylation is 1. The minimum atomic E-state index is -0.480. The number of aliphatic hydroxyl groups excluding tert-OH is 1. The van der Waals surface area contributed by atoms with E-state index < -0.39 is 5.54 Å². The van der Waals surface area contributed by atoms with Gasteiger partial charge in [0.25, 0.3) is 0 Å². The van der Waals surface area contributed by atoms with Crippen LogP contribution in [0.4, 0.5) is 0 Å². The second-order valence-corrected chi connectivity index (χ2v) is 5.68. The van der Waals surface area contributed by atoms with E-state index in [0.29, 0.717) is 5.75 Å². The summed E-state index contributed by atoms with van der Waals surface area (Å²) in [6.45, 7) is 1.95. The fourth-order valence-electron chi connectivity index (χ4n) is 1.97. The molecule has 0 aliphatic heterocycles. The maximum atomic E-state index is 9.86. The first-order valence-corrected chi connectivity index (χ1v) is 7.45. The predicted molar refractivity (Wildman–Crippen MR) is 80.7 cm³/mol. The molecular formula is C14H20N4OS. The summed E-state index contributed by atoms with van der Waals surface area (Å²) in [4.78, 5) is 0. The Morgan fingerprint density at radius 1 is 1.30 bits per heavy atom. The molecule has 0 saturated heterocycles. The van der Waals surface area contributed by atoms with Crippen LogP contribution in [0, 0.1) is 6.92 Å². The molecule has 20 heavy (non-hydrogen) atoms. The van der Waals surface area contributed by atoms with E-state index in [9.17, 15) is 5.11 Å². The number of thioether (sulfide) groups is 1. The second-order valence-electron chi connectivity index (χ2n) is 4.73. The molecule has 6 heteroatoms. The maximum Gasteiger partial charge on any atom is 0.191 e. The van der Waals surface area contributed by atoms with E-state index in [1.54, 1.807) is 11.8 Å². The number of hydrogen-bond donors (Lipinski definition) is 2. The fraction of sp³-hybridized carbons (Fsp3) is 0.429. The van der Waals surface area contributed by atoms with Crippen LogP contribution in [0.1, 0.15) is 11.4 Å². The molecule has 1 heterocycles. The van der Waals surface area contributed by atoms with Gasteiger partial charge in [-0.15, -0.1) is 10.2 Å². The van der Waals surface area contributed by atoms with Crippen molar-refractivity contribution in [2.75, 3.05) is 19.4 Å². The molecule has 0 aliphatic rings. The van der Waals surface area contributed by atoms with Crippen molar-refractivity contribution < 1.29 is 5.11 Å². The van der Waals surface area contributed by atoms with Gasteiger partial charge in [0.15, 0.2) is 5.16 Å². The van der Waals surface area contributed by atoms with Gasteiger partial charge in [0.2, 0.25) is 0 Å². The van der Waals surface area contributed by atoms with Gasteiger partial charge in [-0.3, -0.25) is 0 Å². The minimum absolute atomic E-state index is 0.0251. The summed E-state index contributed by atoms with van der Waals surface area (Å²) in [7, 11) is 3.81. The molecule has 5 nitrogen and oxygen atoms in total. The fourth-order valence-corrected chi connectivity index (χ4v) is 3.18. The first-order chi connectivity index (χ1) is 9.63. The van der Waals surface area contributed by atoms with Crippen molar-refractivity contribution in [3.05, 3.63) is 41.7 Å². The monoisotopic (exact) mass is 292 g/mol. The number of benzene rings is 1. The predicted octanol–water partition coefficient (Wildman–Crippen LogP) is 1.32. The first-order valence-electron chi connectivity index (χ1n) is 6.47. The average Bonchev–Trinajstić information content (AvgIpc) is 2.82. The van der Waals surface area contributed by atoms with Crippen molar-refractivity contribution in [2.24, 2.45) is 7.05 Å². The molecule has 0 fully saturated rings. The number of hydrogen-bond acceptors (Lipinski definition) is 5. The van der Waals surface area contributed by atoms with E-state index in [1.807, 2.05) is 55.9 Å². The highest BCUT2D eigenvalue weighted by molar-refractivity contribution is 7.99. The third-order valence-electron chi connectivity index (χ3n) is 3.58. The van der Waals surface area contributed by atoms with Crippen LogP contribution in [0.2, 0.25) is 0 Å². The zero-order chi connectivity index (χ0) is 14.6. The summed E-state index contributed by atoms with van der Waals surface area (Å²) in [6.07, 6.45) is 0. The third kappa shape index (κ3) is 2.87. The highest BCUT2D eigenvalue weighted by Crippen LogP contribution is 2.28. The molecule has 0 spiro atoms. The van der Waals surface area contributed by atoms with Gasteiger partial charge in [0.1, 0.15) is 5.82 Å². The zero-order valence-electron chi connectivity index (χ0n) is 12.0. The number of likely N-dealkylation sites (N-methyl/N-ethyl adjacent to an activating group) is 1. The molecule has 0 saturated carbocycles. The SMILES string of the molecule is CNC(CO)(CSc1nnc(C)n1C)c1ccccc1. The van der Waals surface area contributed by atoms with E-state index in [4.69, 9.17) is 0 Å². The van der Waals surface area contributed by atoms with Crippen molar-refractivity contribution in [1.82, 2.24) is 20.1 Å². The summed E-state index contributed by atoms with van der Waals surface area (Å²) in [5, 5.41) is 22.2. The number of nitrogens with one attached hydrogen (secondary N) is 1. The summed E-state index contributed by atoms with van der Waals surface area (Å²) >= 11 is 1.59. The van der Waals surface area contributed by atoms with Crippen molar-refractivity contribution >= 4 is 11.8 Å². The number of aliphatic hydroxyl groups is 1. The summed E-state index contributed by atoms with van der Waals surface area (Å²) in [6, 6.07) is 9.98. The summed E-state index contributed by atoms with van der Waals surface area (Å²) in [5.41, 5.74) is 0.586. The molecule has 2 aromatic rings. The molecule has 0 bridgehead atoms. The van der Waals surface area contributed by atoms with Crippen LogP contribution >= 0.6 is 11.8 Å². The Balaban J connectivity index is 2.20. The molecule has 1 aromatic heterocycles. The standard InChI is InChI=1S/C14H20N4OS/c1-11-16-17-13(18(11)3)20-10-14(9-19,15-2)12-7-5-4-6-8-12/h4-8,15,19H,9-10H2,1-3H3. The lowest BCUT2D eigenvalue weighted by atomic mass is 9.93. The number of aromatic nitrogens is 3. The Labute approximate surface area is 123 Å². The Hall–Kier alpha value is -1.37. The molecule has 2 N–H and O–H groups in total. The molecule has 1 aromatic carbocycles. The highest BCUT2D eigenvalue weighted by Gasteiger charge is 2.30. The van der Waals surface area contributed by atoms with E-state index in [0.717, 1.165) is 16.5 Å². The van der Waals surface area contributed by atoms with Gasteiger partial charge < -0.3 is 15.0 Å². The second kappa shape index (κ2) is 6.39. The van der Waals surface area contributed by atoms with Crippen LogP contribution in [0.25, 0.3) is 0 Å². The highest BCUT2D eigenvalue weighted by atomic mass is 32.2. The lowest BCUT2D eigenvalue weighted by Gasteiger charge is -2.31. The quantitative estimate of drug-likeness (QED) is 0.786. The van der Waals surface area contributed by atoms with E-state index in [1.165, 1.54) is 0 Å². The Morgan fingerprint density at radius 2 is 2.00 bits per heavy atom. The minimum Gasteiger partial charge on any atom is -0.394 e. The van der Waals surface area contributed by atoms with Gasteiger partial charge in [-0.2, -0.15) is 0 Å². The number of rotatable bonds is 6. The normalized spacial score (nSPS) is 14.2. The molecule has 0 radical (unpaired) electrons. The van der Waals surface area contributed by atoms with Gasteiger partial charge >= 0.3 is 0 Å². The smallest absolute Gasteiger partial charge is 0.191 e. The molecule has 108 valence electrons. The van der Waals surface area contributed by atoms with Gasteiger partial charge in [-0.1, -0.05) is 42.1 Å². The third-order valence-corrected chi connectivity index (χ3v) is 4.83. The lowest BCUT2D eigenvalue weighted by Crippen LogP contribution is -2.46. The average molecular weight is 292 g/mol. The van der Waals surface area contributed by atoms with Crippen molar-refractivity contribution in [3.63, 3.8) is 0 Å². The van der Waals surface area contributed by atoms with Crippen molar-refractivity contribution in [1.29, 1.82) is 0 Å². The molecule has 1 unspecified atom stereocenters. The number of nitrogens with zero attached hydrogens (tertiary/aromatic N) is 3. The molecular weight excluding hydrogens is 272 g/mol. The van der Waals surface area contributed by atoms with Crippen LogP contribution in [0.15, 0.2) is 35.5 Å². The van der Waals surface area contributed by atoms with Gasteiger partial charge in [-0.25, -0.2) is 0 Å². The molecule has 2 rings (SSSR count). The summed E-state index contributed by atoms with van der Waals surface area (Å²) < 4.78 is 1.95. The van der Waals surface area contributed by atoms with Crippen LogP contribution in [-0.2, 0) is 12.6 Å². The van der Waals surface area contributed by atoms with Crippen molar-refractivity contribution in [3.8, 4) is 0 Å². The van der Waals surface area contributed by atoms with Gasteiger partial charge in [-0.05, 0) is 19.5 Å². The van der Waals surface area contributed by atoms with E-state index in [-0.39, 0.29) is 6.61 Å². The summed E-state index contributed by atoms with van der Waals surface area (Å²) in [5.74, 6) is 1.56. The van der Waals surface area contributed by atoms with Crippen LogP contribution in [-0.4, -0.2) is 39.3 Å². The molecule has 0 aliphatic carbocycles. The van der Waals surface area contributed by atoms with E-state index >= 15 is 0 Å². The Morgan fingerprint density at radius 3 is 2.50 bits per heavy atom. The van der Waals surface area contributed by atoms with Crippen LogP contribution in [0.3, 0.4) is 0 Å². The largest absolute Gasteiger partial charge is 0.394 e. The first kappa shape index (κ1) is 15.0. The van der Waals surface area contributed by atoms with Gasteiger partial charge in [0, 0.05) is 12.8 Å². The lowest BCUT2D eigenvalue weighted by molar-refractivity contribution is 0.187. The van der Waals surface area contributed by atoms with Crippen molar-refractivity contribution in [2.45, 2.75) is 17.6 Å².